The zero-order valence-corrected chi connectivity index (χ0v) is 5.76. The average molecular weight is 189 g/mol. The van der Waals surface area contributed by atoms with E-state index >= 15 is 0 Å². The van der Waals surface area contributed by atoms with E-state index in [-0.39, 0.29) is 0 Å². The third kappa shape index (κ3) is 1.28. The van der Waals surface area contributed by atoms with Crippen molar-refractivity contribution in [3.63, 3.8) is 0 Å². The lowest BCUT2D eigenvalue weighted by atomic mass is 9.89. The predicted molar refractivity (Wildman–Crippen MR) is 28.3 cm³/mol. The van der Waals surface area contributed by atoms with Gasteiger partial charge in [-0.2, -0.15) is 0 Å². The van der Waals surface area contributed by atoms with Gasteiger partial charge in [0.25, 0.3) is 0 Å². The molecule has 0 saturated heterocycles. The lowest BCUT2D eigenvalue weighted by Gasteiger charge is -2.39. The minimum absolute atomic E-state index is 2.66. The first-order valence-electron chi connectivity index (χ1n) is 3.33. The highest BCUT2D eigenvalue weighted by atomic mass is 19.2. The van der Waals surface area contributed by atoms with Crippen LogP contribution in [0.2, 0.25) is 0 Å². The Balaban J connectivity index is 2.76. The molecular formula is C6H6F5O-. The molecule has 0 heterocycles. The van der Waals surface area contributed by atoms with Crippen molar-refractivity contribution in [1.29, 1.82) is 0 Å². The van der Waals surface area contributed by atoms with E-state index in [1.807, 2.05) is 0 Å². The lowest BCUT2D eigenvalue weighted by molar-refractivity contribution is -0.458. The van der Waals surface area contributed by atoms with Crippen molar-refractivity contribution in [2.75, 3.05) is 0 Å². The van der Waals surface area contributed by atoms with Gasteiger partial charge in [-0.05, 0) is 0 Å². The molecule has 0 aromatic heterocycles. The van der Waals surface area contributed by atoms with E-state index in [0.717, 1.165) is 0 Å². The number of hydrogen-bond acceptors (Lipinski definition) is 1. The molecule has 0 aromatic carbocycles. The maximum absolute atomic E-state index is 12.3. The third-order valence-electron chi connectivity index (χ3n) is 1.84. The summed E-state index contributed by atoms with van der Waals surface area (Å²) in [7, 11) is 0. The summed E-state index contributed by atoms with van der Waals surface area (Å²) in [6.07, 6.45) is -16.9. The standard InChI is InChI=1S/C6H6F5O/c7-1-2(8)4(10)6(12)5(11)3(1)9/h1-6H/q-1. The van der Waals surface area contributed by atoms with Crippen LogP contribution < -0.4 is 5.11 Å². The molecule has 1 fully saturated rings. The molecule has 72 valence electrons. The molecule has 12 heavy (non-hydrogen) atoms. The zero-order valence-electron chi connectivity index (χ0n) is 5.76. The van der Waals surface area contributed by atoms with Crippen LogP contribution in [0.25, 0.3) is 0 Å². The van der Waals surface area contributed by atoms with Crippen LogP contribution in [-0.4, -0.2) is 37.0 Å². The summed E-state index contributed by atoms with van der Waals surface area (Å²) >= 11 is 0. The molecule has 1 saturated carbocycles. The van der Waals surface area contributed by atoms with Crippen LogP contribution in [0, 0.1) is 0 Å². The van der Waals surface area contributed by atoms with Crippen LogP contribution in [-0.2, 0) is 0 Å². The van der Waals surface area contributed by atoms with Crippen molar-refractivity contribution < 1.29 is 27.1 Å². The highest BCUT2D eigenvalue weighted by molar-refractivity contribution is 4.99. The molecule has 4 unspecified atom stereocenters. The van der Waals surface area contributed by atoms with Crippen LogP contribution in [0.5, 0.6) is 0 Å². The first-order chi connectivity index (χ1) is 5.46. The molecule has 1 nitrogen and oxygen atoms in total. The Kier molecular flexibility index (Phi) is 2.55. The molecule has 1 rings (SSSR count). The normalized spacial score (nSPS) is 55.5. The van der Waals surface area contributed by atoms with E-state index in [0.29, 0.717) is 0 Å². The third-order valence-corrected chi connectivity index (χ3v) is 1.84. The first-order valence-corrected chi connectivity index (χ1v) is 3.33. The molecule has 4 atom stereocenters. The summed E-state index contributed by atoms with van der Waals surface area (Å²) < 4.78 is 61.5. The lowest BCUT2D eigenvalue weighted by Crippen LogP contribution is -2.61. The van der Waals surface area contributed by atoms with Gasteiger partial charge in [-0.15, -0.1) is 0 Å². The van der Waals surface area contributed by atoms with Crippen LogP contribution in [0.3, 0.4) is 0 Å². The maximum atomic E-state index is 12.3. The van der Waals surface area contributed by atoms with Crippen molar-refractivity contribution in [2.24, 2.45) is 0 Å². The van der Waals surface area contributed by atoms with Gasteiger partial charge in [0.2, 0.25) is 0 Å². The van der Waals surface area contributed by atoms with E-state index < -0.39 is 37.0 Å². The van der Waals surface area contributed by atoms with Crippen LogP contribution in [0.4, 0.5) is 22.0 Å². The molecule has 0 aromatic rings. The van der Waals surface area contributed by atoms with Crippen LogP contribution in [0.1, 0.15) is 0 Å². The Morgan fingerprint density at radius 1 is 0.583 bits per heavy atom. The minimum atomic E-state index is -2.87. The molecule has 0 bridgehead atoms. The fourth-order valence-corrected chi connectivity index (χ4v) is 1.06. The molecule has 0 N–H and O–H groups in total. The van der Waals surface area contributed by atoms with Gasteiger partial charge in [-0.25, -0.2) is 22.0 Å². The van der Waals surface area contributed by atoms with Gasteiger partial charge in [-0.1, -0.05) is 6.10 Å². The van der Waals surface area contributed by atoms with Gasteiger partial charge in [0, 0.05) is 0 Å². The largest absolute Gasteiger partial charge is 0.848 e. The second kappa shape index (κ2) is 3.16. The highest BCUT2D eigenvalue weighted by Gasteiger charge is 2.48. The first kappa shape index (κ1) is 9.70. The van der Waals surface area contributed by atoms with Crippen molar-refractivity contribution >= 4 is 0 Å². The van der Waals surface area contributed by atoms with Gasteiger partial charge < -0.3 is 5.11 Å². The number of halogens is 5. The summed E-state index contributed by atoms with van der Waals surface area (Å²) in [4.78, 5) is 0. The van der Waals surface area contributed by atoms with Gasteiger partial charge in [-0.3, -0.25) is 0 Å². The van der Waals surface area contributed by atoms with Crippen molar-refractivity contribution in [3.05, 3.63) is 0 Å². The Labute approximate surface area is 65.2 Å². The van der Waals surface area contributed by atoms with Gasteiger partial charge >= 0.3 is 0 Å². The quantitative estimate of drug-likeness (QED) is 0.506. The monoisotopic (exact) mass is 189 g/mol. The number of alkyl halides is 5. The molecule has 6 heteroatoms. The summed E-state index contributed by atoms with van der Waals surface area (Å²) in [6, 6.07) is 0. The summed E-state index contributed by atoms with van der Waals surface area (Å²) in [5.41, 5.74) is 0. The summed E-state index contributed by atoms with van der Waals surface area (Å²) in [5, 5.41) is 10.4. The topological polar surface area (TPSA) is 23.1 Å². The van der Waals surface area contributed by atoms with Gasteiger partial charge in [0.05, 0.1) is 0 Å². The van der Waals surface area contributed by atoms with Crippen molar-refractivity contribution in [3.8, 4) is 0 Å². The van der Waals surface area contributed by atoms with E-state index in [2.05, 4.69) is 0 Å². The Bertz CT molecular complexity index is 107. The molecular weight excluding hydrogens is 183 g/mol. The summed E-state index contributed by atoms with van der Waals surface area (Å²) in [5.74, 6) is 0. The SMILES string of the molecule is [O-]C1C(F)C(F)C(F)C(F)C1F. The Morgan fingerprint density at radius 2 is 0.833 bits per heavy atom. The summed E-state index contributed by atoms with van der Waals surface area (Å²) in [6.45, 7) is 0. The fraction of sp³-hybridized carbons (Fsp3) is 1.00. The van der Waals surface area contributed by atoms with Crippen LogP contribution in [0.15, 0.2) is 0 Å². The van der Waals surface area contributed by atoms with E-state index in [4.69, 9.17) is 0 Å². The molecule has 1 aliphatic rings. The zero-order chi connectivity index (χ0) is 9.46. The van der Waals surface area contributed by atoms with E-state index in [1.54, 1.807) is 0 Å². The molecule has 1 aliphatic carbocycles. The molecule has 0 radical (unpaired) electrons. The van der Waals surface area contributed by atoms with Gasteiger partial charge in [0.15, 0.2) is 18.5 Å². The molecule has 0 spiro atoms. The van der Waals surface area contributed by atoms with Crippen molar-refractivity contribution in [1.82, 2.24) is 0 Å². The minimum Gasteiger partial charge on any atom is -0.848 e. The predicted octanol–water partition coefficient (Wildman–Crippen LogP) is 0.419. The second-order valence-electron chi connectivity index (χ2n) is 2.69. The van der Waals surface area contributed by atoms with Crippen LogP contribution >= 0.6 is 0 Å². The van der Waals surface area contributed by atoms with E-state index in [1.165, 1.54) is 0 Å². The van der Waals surface area contributed by atoms with E-state index in [9.17, 15) is 27.1 Å². The maximum Gasteiger partial charge on any atom is 0.168 e. The van der Waals surface area contributed by atoms with Crippen molar-refractivity contribution in [2.45, 2.75) is 37.0 Å². The molecule has 0 aliphatic heterocycles. The number of rotatable bonds is 0. The smallest absolute Gasteiger partial charge is 0.168 e. The average Bonchev–Trinajstić information content (AvgIpc) is 2.08. The Morgan fingerprint density at radius 3 is 1.17 bits per heavy atom. The fourth-order valence-electron chi connectivity index (χ4n) is 1.06. The number of hydrogen-bond donors (Lipinski definition) is 0. The molecule has 0 amide bonds. The Hall–Kier alpha value is -0.390. The van der Waals surface area contributed by atoms with Gasteiger partial charge in [0.1, 0.15) is 12.3 Å². The highest BCUT2D eigenvalue weighted by Crippen LogP contribution is 2.30. The second-order valence-corrected chi connectivity index (χ2v) is 2.69.